The predicted octanol–water partition coefficient (Wildman–Crippen LogP) is 2.98. The Morgan fingerprint density at radius 1 is 1.25 bits per heavy atom. The summed E-state index contributed by atoms with van der Waals surface area (Å²) in [5.74, 6) is -0.166. The minimum Gasteiger partial charge on any atom is -0.399 e. The lowest BCUT2D eigenvalue weighted by molar-refractivity contribution is -0.115. The molecule has 1 amide bonds. The molecule has 5 heteroatoms. The first-order valence-corrected chi connectivity index (χ1v) is 6.30. The number of nitrogens with zero attached hydrogens (tertiary/aromatic N) is 1. The molecule has 0 unspecified atom stereocenters. The van der Waals surface area contributed by atoms with Crippen LogP contribution in [0.25, 0.3) is 0 Å². The van der Waals surface area contributed by atoms with E-state index in [4.69, 9.17) is 22.6 Å². The van der Waals surface area contributed by atoms with Crippen molar-refractivity contribution in [1.29, 1.82) is 5.26 Å². The van der Waals surface area contributed by atoms with Crippen molar-refractivity contribution in [2.24, 2.45) is 0 Å². The van der Waals surface area contributed by atoms with Gasteiger partial charge in [0.25, 0.3) is 0 Å². The second-order valence-corrected chi connectivity index (χ2v) is 4.68. The van der Waals surface area contributed by atoms with Gasteiger partial charge in [0.05, 0.1) is 17.0 Å². The van der Waals surface area contributed by atoms with Crippen LogP contribution in [-0.4, -0.2) is 5.91 Å². The van der Waals surface area contributed by atoms with Gasteiger partial charge in [-0.25, -0.2) is 0 Å². The number of halogens is 1. The Kier molecular flexibility index (Phi) is 4.24. The monoisotopic (exact) mass is 285 g/mol. The lowest BCUT2D eigenvalue weighted by Gasteiger charge is -2.06. The second-order valence-electron chi connectivity index (χ2n) is 4.27. The molecule has 0 atom stereocenters. The summed E-state index contributed by atoms with van der Waals surface area (Å²) in [5, 5.41) is 12.0. The van der Waals surface area contributed by atoms with Gasteiger partial charge in [-0.3, -0.25) is 4.79 Å². The van der Waals surface area contributed by atoms with Crippen LogP contribution in [0.3, 0.4) is 0 Å². The van der Waals surface area contributed by atoms with Crippen LogP contribution < -0.4 is 11.1 Å². The van der Waals surface area contributed by atoms with Crippen molar-refractivity contribution in [3.05, 3.63) is 58.6 Å². The molecule has 100 valence electrons. The van der Waals surface area contributed by atoms with Crippen LogP contribution in [0.15, 0.2) is 42.5 Å². The molecule has 0 saturated heterocycles. The highest BCUT2D eigenvalue weighted by Gasteiger charge is 2.06. The molecule has 20 heavy (non-hydrogen) atoms. The number of nitrogens with one attached hydrogen (secondary N) is 1. The van der Waals surface area contributed by atoms with E-state index in [0.29, 0.717) is 22.0 Å². The van der Waals surface area contributed by atoms with Gasteiger partial charge < -0.3 is 11.1 Å². The van der Waals surface area contributed by atoms with E-state index in [-0.39, 0.29) is 12.3 Å². The van der Waals surface area contributed by atoms with E-state index in [1.54, 1.807) is 42.5 Å². The molecule has 3 N–H and O–H groups in total. The Morgan fingerprint density at radius 3 is 2.60 bits per heavy atom. The van der Waals surface area contributed by atoms with Crippen molar-refractivity contribution in [3.8, 4) is 6.07 Å². The summed E-state index contributed by atoms with van der Waals surface area (Å²) in [5.41, 5.74) is 7.99. The number of carbonyl (C=O) groups is 1. The molecule has 0 saturated carbocycles. The number of nitrogens with two attached hydrogens (primary N) is 1. The number of rotatable bonds is 3. The first kappa shape index (κ1) is 13.9. The standard InChI is InChI=1S/C15H12ClN3O/c16-14-6-5-13(8-11(14)9-17)19-15(20)7-10-1-3-12(18)4-2-10/h1-6,8H,7,18H2,(H,19,20). The highest BCUT2D eigenvalue weighted by atomic mass is 35.5. The number of amides is 1. The Balaban J connectivity index is 2.05. The van der Waals surface area contributed by atoms with Crippen molar-refractivity contribution < 1.29 is 4.79 Å². The number of benzene rings is 2. The van der Waals surface area contributed by atoms with E-state index in [2.05, 4.69) is 5.32 Å². The maximum absolute atomic E-state index is 11.9. The molecule has 0 bridgehead atoms. The molecular weight excluding hydrogens is 274 g/mol. The van der Waals surface area contributed by atoms with E-state index in [0.717, 1.165) is 5.56 Å². The fourth-order valence-electron chi connectivity index (χ4n) is 1.71. The van der Waals surface area contributed by atoms with Crippen LogP contribution >= 0.6 is 11.6 Å². The maximum Gasteiger partial charge on any atom is 0.228 e. The quantitative estimate of drug-likeness (QED) is 0.851. The van der Waals surface area contributed by atoms with Gasteiger partial charge in [0.1, 0.15) is 6.07 Å². The molecule has 2 aromatic carbocycles. The summed E-state index contributed by atoms with van der Waals surface area (Å²) < 4.78 is 0. The topological polar surface area (TPSA) is 78.9 Å². The number of hydrogen-bond donors (Lipinski definition) is 2. The minimum absolute atomic E-state index is 0.166. The maximum atomic E-state index is 11.9. The third-order valence-corrected chi connectivity index (χ3v) is 3.04. The van der Waals surface area contributed by atoms with Crippen molar-refractivity contribution in [3.63, 3.8) is 0 Å². The number of nitriles is 1. The fourth-order valence-corrected chi connectivity index (χ4v) is 1.87. The van der Waals surface area contributed by atoms with Crippen LogP contribution in [0.2, 0.25) is 5.02 Å². The highest BCUT2D eigenvalue weighted by Crippen LogP contribution is 2.19. The number of nitrogen functional groups attached to an aromatic ring is 1. The van der Waals surface area contributed by atoms with Gasteiger partial charge in [-0.1, -0.05) is 23.7 Å². The summed E-state index contributed by atoms with van der Waals surface area (Å²) in [6.45, 7) is 0. The summed E-state index contributed by atoms with van der Waals surface area (Å²) in [6, 6.07) is 13.9. The number of anilines is 2. The van der Waals surface area contributed by atoms with Crippen molar-refractivity contribution >= 4 is 28.9 Å². The normalized spacial score (nSPS) is 9.80. The van der Waals surface area contributed by atoms with Crippen LogP contribution in [0.4, 0.5) is 11.4 Å². The molecule has 0 aliphatic carbocycles. The van der Waals surface area contributed by atoms with Crippen LogP contribution in [0.5, 0.6) is 0 Å². The molecule has 2 aromatic rings. The molecule has 0 spiro atoms. The van der Waals surface area contributed by atoms with Gasteiger partial charge in [0.2, 0.25) is 5.91 Å². The van der Waals surface area contributed by atoms with Gasteiger partial charge in [-0.05, 0) is 35.9 Å². The van der Waals surface area contributed by atoms with Gasteiger partial charge >= 0.3 is 0 Å². The zero-order chi connectivity index (χ0) is 14.5. The minimum atomic E-state index is -0.166. The van der Waals surface area contributed by atoms with E-state index in [1.807, 2.05) is 6.07 Å². The molecule has 0 aromatic heterocycles. The molecule has 0 radical (unpaired) electrons. The lowest BCUT2D eigenvalue weighted by atomic mass is 10.1. The zero-order valence-electron chi connectivity index (χ0n) is 10.6. The summed E-state index contributed by atoms with van der Waals surface area (Å²) in [6.07, 6.45) is 0.241. The third-order valence-electron chi connectivity index (χ3n) is 2.71. The second kappa shape index (κ2) is 6.09. The molecule has 0 aliphatic rings. The Labute approximate surface area is 121 Å². The van der Waals surface area contributed by atoms with E-state index < -0.39 is 0 Å². The molecule has 0 aliphatic heterocycles. The van der Waals surface area contributed by atoms with Gasteiger partial charge in [0, 0.05) is 11.4 Å². The van der Waals surface area contributed by atoms with E-state index in [1.165, 1.54) is 0 Å². The molecule has 0 fully saturated rings. The van der Waals surface area contributed by atoms with E-state index in [9.17, 15) is 4.79 Å². The molecular formula is C15H12ClN3O. The molecule has 4 nitrogen and oxygen atoms in total. The first-order valence-electron chi connectivity index (χ1n) is 5.92. The molecule has 0 heterocycles. The number of carbonyl (C=O) groups excluding carboxylic acids is 1. The smallest absolute Gasteiger partial charge is 0.228 e. The summed E-state index contributed by atoms with van der Waals surface area (Å²) in [4.78, 5) is 11.9. The fraction of sp³-hybridized carbons (Fsp3) is 0.0667. The first-order chi connectivity index (χ1) is 9.58. The SMILES string of the molecule is N#Cc1cc(NC(=O)Cc2ccc(N)cc2)ccc1Cl. The van der Waals surface area contributed by atoms with Gasteiger partial charge in [-0.2, -0.15) is 5.26 Å². The van der Waals surface area contributed by atoms with Crippen molar-refractivity contribution in [2.45, 2.75) is 6.42 Å². The van der Waals surface area contributed by atoms with Gasteiger partial charge in [-0.15, -0.1) is 0 Å². The van der Waals surface area contributed by atoms with Gasteiger partial charge in [0.15, 0.2) is 0 Å². The zero-order valence-corrected chi connectivity index (χ0v) is 11.3. The predicted molar refractivity (Wildman–Crippen MR) is 79.4 cm³/mol. The highest BCUT2D eigenvalue weighted by molar-refractivity contribution is 6.31. The molecule has 2 rings (SSSR count). The Bertz CT molecular complexity index is 675. The van der Waals surface area contributed by atoms with Crippen molar-refractivity contribution in [1.82, 2.24) is 0 Å². The van der Waals surface area contributed by atoms with Crippen molar-refractivity contribution in [2.75, 3.05) is 11.1 Å². The average molecular weight is 286 g/mol. The van der Waals surface area contributed by atoms with Crippen LogP contribution in [-0.2, 0) is 11.2 Å². The van der Waals surface area contributed by atoms with Crippen LogP contribution in [0, 0.1) is 11.3 Å². The Hall–Kier alpha value is -2.51. The average Bonchev–Trinajstić information content (AvgIpc) is 2.43. The Morgan fingerprint density at radius 2 is 1.95 bits per heavy atom. The largest absolute Gasteiger partial charge is 0.399 e. The summed E-state index contributed by atoms with van der Waals surface area (Å²) in [7, 11) is 0. The van der Waals surface area contributed by atoms with E-state index >= 15 is 0 Å². The third kappa shape index (κ3) is 3.50. The number of hydrogen-bond acceptors (Lipinski definition) is 3. The summed E-state index contributed by atoms with van der Waals surface area (Å²) >= 11 is 5.83. The van der Waals surface area contributed by atoms with Crippen LogP contribution in [0.1, 0.15) is 11.1 Å². The lowest BCUT2D eigenvalue weighted by Crippen LogP contribution is -2.14.